The van der Waals surface area contributed by atoms with Crippen LogP contribution in [0.2, 0.25) is 15.1 Å². The molecule has 0 saturated carbocycles. The molecule has 1 aliphatic rings. The number of imide groups is 1. The Morgan fingerprint density at radius 1 is 0.829 bits per heavy atom. The molecule has 8 heteroatoms. The zero-order valence-corrected chi connectivity index (χ0v) is 21.1. The molecular formula is C27H16Cl3NO3S. The molecule has 35 heavy (non-hydrogen) atoms. The summed E-state index contributed by atoms with van der Waals surface area (Å²) >= 11 is 19.7. The number of halogens is 3. The van der Waals surface area contributed by atoms with Gasteiger partial charge in [0.25, 0.3) is 11.1 Å². The highest BCUT2D eigenvalue weighted by Crippen LogP contribution is 2.39. The van der Waals surface area contributed by atoms with Gasteiger partial charge in [-0.2, -0.15) is 0 Å². The number of hydrogen-bond acceptors (Lipinski definition) is 4. The number of fused-ring (bicyclic) bond motifs is 1. The standard InChI is InChI=1S/C27H16Cl3NO3S/c28-20-7-9-21(10-8-20)31-26(32)24(35-27(31)33)14-17-12-22(29)25(23(30)13-17)34-15-16-5-6-18-3-1-2-4-19(18)11-16/h1-14H,15H2/b24-14+. The number of ether oxygens (including phenoxy) is 1. The van der Waals surface area contributed by atoms with Crippen LogP contribution in [0, 0.1) is 0 Å². The van der Waals surface area contributed by atoms with Gasteiger partial charge in [-0.05, 0) is 82.2 Å². The number of carbonyl (C=O) groups is 2. The summed E-state index contributed by atoms with van der Waals surface area (Å²) in [5, 5.41) is 3.01. The van der Waals surface area contributed by atoms with Crippen molar-refractivity contribution in [1.82, 2.24) is 0 Å². The minimum absolute atomic E-state index is 0.266. The molecule has 0 spiro atoms. The van der Waals surface area contributed by atoms with Crippen LogP contribution < -0.4 is 9.64 Å². The third kappa shape index (κ3) is 5.04. The molecule has 5 rings (SSSR count). The lowest BCUT2D eigenvalue weighted by Gasteiger charge is -2.12. The number of rotatable bonds is 5. The molecule has 0 atom stereocenters. The fraction of sp³-hybridized carbons (Fsp3) is 0.0370. The van der Waals surface area contributed by atoms with E-state index in [1.807, 2.05) is 30.3 Å². The molecule has 0 N–H and O–H groups in total. The van der Waals surface area contributed by atoms with Gasteiger partial charge in [-0.15, -0.1) is 0 Å². The van der Waals surface area contributed by atoms with E-state index in [4.69, 9.17) is 39.5 Å². The maximum Gasteiger partial charge on any atom is 0.298 e. The van der Waals surface area contributed by atoms with Crippen LogP contribution in [0.4, 0.5) is 10.5 Å². The summed E-state index contributed by atoms with van der Waals surface area (Å²) in [4.78, 5) is 26.7. The van der Waals surface area contributed by atoms with Crippen molar-refractivity contribution in [2.75, 3.05) is 4.90 Å². The van der Waals surface area contributed by atoms with Crippen LogP contribution in [0.5, 0.6) is 5.75 Å². The van der Waals surface area contributed by atoms with Gasteiger partial charge in [0, 0.05) is 5.02 Å². The van der Waals surface area contributed by atoms with E-state index in [9.17, 15) is 9.59 Å². The first-order valence-corrected chi connectivity index (χ1v) is 12.5. The number of benzene rings is 4. The van der Waals surface area contributed by atoms with Crippen LogP contribution in [-0.2, 0) is 11.4 Å². The molecule has 174 valence electrons. The lowest BCUT2D eigenvalue weighted by Crippen LogP contribution is -2.27. The summed E-state index contributed by atoms with van der Waals surface area (Å²) in [5.74, 6) is -0.0703. The molecule has 4 nitrogen and oxygen atoms in total. The van der Waals surface area contributed by atoms with Gasteiger partial charge in [-0.1, -0.05) is 71.2 Å². The molecule has 1 fully saturated rings. The number of anilines is 1. The fourth-order valence-corrected chi connectivity index (χ4v) is 5.30. The van der Waals surface area contributed by atoms with Crippen molar-refractivity contribution in [3.8, 4) is 5.75 Å². The molecule has 2 amide bonds. The average molecular weight is 541 g/mol. The highest BCUT2D eigenvalue weighted by molar-refractivity contribution is 8.19. The van der Waals surface area contributed by atoms with E-state index in [2.05, 4.69) is 12.1 Å². The van der Waals surface area contributed by atoms with Crippen molar-refractivity contribution >= 4 is 80.2 Å². The topological polar surface area (TPSA) is 46.6 Å². The number of amides is 2. The van der Waals surface area contributed by atoms with E-state index in [0.29, 0.717) is 38.7 Å². The predicted octanol–water partition coefficient (Wildman–Crippen LogP) is 8.62. The largest absolute Gasteiger partial charge is 0.486 e. The van der Waals surface area contributed by atoms with Crippen molar-refractivity contribution in [3.63, 3.8) is 0 Å². The molecule has 1 aliphatic heterocycles. The first-order chi connectivity index (χ1) is 16.9. The first kappa shape index (κ1) is 23.8. The van der Waals surface area contributed by atoms with Gasteiger partial charge < -0.3 is 4.74 Å². The van der Waals surface area contributed by atoms with Gasteiger partial charge in [0.15, 0.2) is 5.75 Å². The van der Waals surface area contributed by atoms with E-state index < -0.39 is 11.1 Å². The Kier molecular flexibility index (Phi) is 6.76. The van der Waals surface area contributed by atoms with Crippen LogP contribution in [0.3, 0.4) is 0 Å². The van der Waals surface area contributed by atoms with E-state index in [-0.39, 0.29) is 4.91 Å². The third-order valence-electron chi connectivity index (χ3n) is 5.39. The highest BCUT2D eigenvalue weighted by Gasteiger charge is 2.36. The number of hydrogen-bond donors (Lipinski definition) is 0. The maximum absolute atomic E-state index is 12.9. The SMILES string of the molecule is O=C1S/C(=C/c2cc(Cl)c(OCc3ccc4ccccc4c3)c(Cl)c2)C(=O)N1c1ccc(Cl)cc1. The molecule has 1 heterocycles. The molecule has 0 radical (unpaired) electrons. The van der Waals surface area contributed by atoms with Crippen molar-refractivity contribution in [3.05, 3.63) is 110 Å². The van der Waals surface area contributed by atoms with Crippen molar-refractivity contribution in [1.29, 1.82) is 0 Å². The minimum atomic E-state index is -0.425. The number of thioether (sulfide) groups is 1. The van der Waals surface area contributed by atoms with E-state index in [1.54, 1.807) is 42.5 Å². The maximum atomic E-state index is 12.9. The van der Waals surface area contributed by atoms with Gasteiger partial charge in [-0.25, -0.2) is 4.90 Å². The second kappa shape index (κ2) is 9.96. The first-order valence-electron chi connectivity index (χ1n) is 10.5. The smallest absolute Gasteiger partial charge is 0.298 e. The summed E-state index contributed by atoms with van der Waals surface area (Å²) < 4.78 is 5.92. The summed E-state index contributed by atoms with van der Waals surface area (Å²) in [5.41, 5.74) is 2.02. The summed E-state index contributed by atoms with van der Waals surface area (Å²) in [7, 11) is 0. The number of nitrogens with zero attached hydrogens (tertiary/aromatic N) is 1. The summed E-state index contributed by atoms with van der Waals surface area (Å²) in [6.45, 7) is 0.295. The van der Waals surface area contributed by atoms with E-state index in [1.165, 1.54) is 0 Å². The van der Waals surface area contributed by atoms with Crippen molar-refractivity contribution in [2.45, 2.75) is 6.61 Å². The third-order valence-corrected chi connectivity index (χ3v) is 7.08. The molecule has 4 aromatic carbocycles. The minimum Gasteiger partial charge on any atom is -0.486 e. The number of carbonyl (C=O) groups excluding carboxylic acids is 2. The Morgan fingerprint density at radius 3 is 2.23 bits per heavy atom. The average Bonchev–Trinajstić information content (AvgIpc) is 3.11. The van der Waals surface area contributed by atoms with E-state index in [0.717, 1.165) is 33.0 Å². The quantitative estimate of drug-likeness (QED) is 0.238. The van der Waals surface area contributed by atoms with Gasteiger partial charge in [0.05, 0.1) is 20.6 Å². The van der Waals surface area contributed by atoms with Crippen molar-refractivity contribution in [2.24, 2.45) is 0 Å². The lowest BCUT2D eigenvalue weighted by molar-refractivity contribution is -0.113. The van der Waals surface area contributed by atoms with Crippen LogP contribution in [0.25, 0.3) is 16.8 Å². The lowest BCUT2D eigenvalue weighted by atomic mass is 10.1. The summed E-state index contributed by atoms with van der Waals surface area (Å²) in [6, 6.07) is 24.0. The second-order valence-corrected chi connectivity index (χ2v) is 10.0. The van der Waals surface area contributed by atoms with Gasteiger partial charge in [-0.3, -0.25) is 9.59 Å². The summed E-state index contributed by atoms with van der Waals surface area (Å²) in [6.07, 6.45) is 1.59. The van der Waals surface area contributed by atoms with Gasteiger partial charge in [0.2, 0.25) is 0 Å². The molecule has 0 aliphatic carbocycles. The normalized spacial score (nSPS) is 14.8. The monoisotopic (exact) mass is 539 g/mol. The zero-order valence-electron chi connectivity index (χ0n) is 18.0. The van der Waals surface area contributed by atoms with Gasteiger partial charge in [0.1, 0.15) is 6.61 Å². The van der Waals surface area contributed by atoms with Crippen molar-refractivity contribution < 1.29 is 14.3 Å². The fourth-order valence-electron chi connectivity index (χ4n) is 3.72. The Hall–Kier alpha value is -2.96. The van der Waals surface area contributed by atoms with Crippen LogP contribution in [-0.4, -0.2) is 11.1 Å². The predicted molar refractivity (Wildman–Crippen MR) is 145 cm³/mol. The second-order valence-electron chi connectivity index (χ2n) is 7.78. The van der Waals surface area contributed by atoms with Gasteiger partial charge >= 0.3 is 0 Å². The Labute approximate surface area is 221 Å². The molecule has 0 aromatic heterocycles. The molecule has 1 saturated heterocycles. The molecule has 0 bridgehead atoms. The Bertz CT molecular complexity index is 1480. The Balaban J connectivity index is 1.34. The Morgan fingerprint density at radius 2 is 1.51 bits per heavy atom. The molecule has 4 aromatic rings. The van der Waals surface area contributed by atoms with Crippen LogP contribution in [0.15, 0.2) is 83.8 Å². The zero-order chi connectivity index (χ0) is 24.5. The van der Waals surface area contributed by atoms with Crippen LogP contribution >= 0.6 is 46.6 Å². The van der Waals surface area contributed by atoms with Crippen LogP contribution in [0.1, 0.15) is 11.1 Å². The van der Waals surface area contributed by atoms with E-state index >= 15 is 0 Å². The highest BCUT2D eigenvalue weighted by atomic mass is 35.5. The molecule has 0 unspecified atom stereocenters. The molecular weight excluding hydrogens is 525 g/mol.